The lowest BCUT2D eigenvalue weighted by Crippen LogP contribution is -2.25. The fourth-order valence-corrected chi connectivity index (χ4v) is 3.02. The molecule has 1 amide bonds. The van der Waals surface area contributed by atoms with Crippen molar-refractivity contribution in [3.63, 3.8) is 0 Å². The average Bonchev–Trinajstić information content (AvgIpc) is 2.98. The summed E-state index contributed by atoms with van der Waals surface area (Å²) in [4.78, 5) is 27.3. The van der Waals surface area contributed by atoms with E-state index in [1.807, 2.05) is 18.2 Å². The van der Waals surface area contributed by atoms with Gasteiger partial charge in [0.1, 0.15) is 17.9 Å². The topological polar surface area (TPSA) is 103 Å². The molecule has 0 saturated carbocycles. The first-order valence-corrected chi connectivity index (χ1v) is 8.22. The molecule has 1 unspecified atom stereocenters. The summed E-state index contributed by atoms with van der Waals surface area (Å²) in [6, 6.07) is 6.58. The number of hydrogen-bond donors (Lipinski definition) is 1. The Bertz CT molecular complexity index is 985. The monoisotopic (exact) mass is 403 g/mol. The van der Waals surface area contributed by atoms with Crippen molar-refractivity contribution in [1.82, 2.24) is 14.8 Å². The highest BCUT2D eigenvalue weighted by molar-refractivity contribution is 9.10. The summed E-state index contributed by atoms with van der Waals surface area (Å²) in [7, 11) is 0. The van der Waals surface area contributed by atoms with Crippen molar-refractivity contribution in [2.45, 2.75) is 19.9 Å². The summed E-state index contributed by atoms with van der Waals surface area (Å²) >= 11 is 3.46. The van der Waals surface area contributed by atoms with Crippen molar-refractivity contribution in [2.24, 2.45) is 0 Å². The van der Waals surface area contributed by atoms with Crippen molar-refractivity contribution in [2.75, 3.05) is 5.32 Å². The minimum atomic E-state index is -0.712. The van der Waals surface area contributed by atoms with Gasteiger partial charge in [-0.05, 0) is 32.0 Å². The van der Waals surface area contributed by atoms with E-state index in [1.54, 1.807) is 26.1 Å². The third-order valence-electron chi connectivity index (χ3n) is 3.94. The second-order valence-electron chi connectivity index (χ2n) is 5.48. The molecule has 0 aliphatic heterocycles. The lowest BCUT2D eigenvalue weighted by Gasteiger charge is -2.15. The van der Waals surface area contributed by atoms with Crippen LogP contribution in [0.3, 0.4) is 0 Å². The van der Waals surface area contributed by atoms with Gasteiger partial charge in [-0.1, -0.05) is 22.0 Å². The molecule has 1 N–H and O–H groups in total. The molecule has 25 heavy (non-hydrogen) atoms. The number of nitrogens with zero attached hydrogens (tertiary/aromatic N) is 4. The molecular formula is C16H14BrN5O3. The maximum atomic E-state index is 12.6. The zero-order valence-corrected chi connectivity index (χ0v) is 15.0. The number of carbonyl (C=O) groups is 1. The van der Waals surface area contributed by atoms with Crippen molar-refractivity contribution in [1.29, 1.82) is 0 Å². The van der Waals surface area contributed by atoms with E-state index in [9.17, 15) is 14.9 Å². The van der Waals surface area contributed by atoms with Gasteiger partial charge in [-0.2, -0.15) is 5.10 Å². The molecule has 0 spiro atoms. The predicted octanol–water partition coefficient (Wildman–Crippen LogP) is 3.61. The zero-order valence-electron chi connectivity index (χ0n) is 13.4. The van der Waals surface area contributed by atoms with Gasteiger partial charge in [0.15, 0.2) is 0 Å². The van der Waals surface area contributed by atoms with E-state index in [4.69, 9.17) is 0 Å². The predicted molar refractivity (Wildman–Crippen MR) is 96.4 cm³/mol. The number of amides is 1. The summed E-state index contributed by atoms with van der Waals surface area (Å²) in [5.41, 5.74) is 1.43. The van der Waals surface area contributed by atoms with Crippen LogP contribution in [-0.4, -0.2) is 25.6 Å². The Balaban J connectivity index is 1.90. The first-order valence-electron chi connectivity index (χ1n) is 7.42. The molecule has 3 aromatic rings. The van der Waals surface area contributed by atoms with Crippen LogP contribution in [-0.2, 0) is 4.79 Å². The lowest BCUT2D eigenvalue weighted by molar-refractivity contribution is -0.385. The van der Waals surface area contributed by atoms with Crippen LogP contribution in [0.2, 0.25) is 0 Å². The number of pyridine rings is 1. The number of anilines is 1. The second kappa shape index (κ2) is 6.60. The number of benzene rings is 1. The van der Waals surface area contributed by atoms with Crippen LogP contribution >= 0.6 is 15.9 Å². The smallest absolute Gasteiger partial charge is 0.309 e. The van der Waals surface area contributed by atoms with Gasteiger partial charge in [-0.3, -0.25) is 24.6 Å². The van der Waals surface area contributed by atoms with Gasteiger partial charge in [0.25, 0.3) is 0 Å². The molecule has 2 aromatic heterocycles. The van der Waals surface area contributed by atoms with Gasteiger partial charge >= 0.3 is 5.69 Å². The summed E-state index contributed by atoms with van der Waals surface area (Å²) in [6.07, 6.45) is 2.80. The first-order chi connectivity index (χ1) is 11.9. The van der Waals surface area contributed by atoms with Crippen LogP contribution in [0.15, 0.2) is 41.1 Å². The molecule has 8 nitrogen and oxygen atoms in total. The van der Waals surface area contributed by atoms with E-state index in [0.29, 0.717) is 16.9 Å². The van der Waals surface area contributed by atoms with E-state index in [2.05, 4.69) is 31.3 Å². The average molecular weight is 404 g/mol. The molecule has 0 aliphatic rings. The molecule has 0 saturated heterocycles. The maximum absolute atomic E-state index is 12.6. The third kappa shape index (κ3) is 3.10. The Morgan fingerprint density at radius 2 is 2.16 bits per heavy atom. The number of nitro groups is 1. The van der Waals surface area contributed by atoms with E-state index >= 15 is 0 Å². The molecular weight excluding hydrogens is 390 g/mol. The third-order valence-corrected chi connectivity index (χ3v) is 4.63. The van der Waals surface area contributed by atoms with Crippen molar-refractivity contribution in [3.8, 4) is 0 Å². The molecule has 0 fully saturated rings. The Kier molecular flexibility index (Phi) is 4.49. The molecule has 0 radical (unpaired) electrons. The Morgan fingerprint density at radius 3 is 2.84 bits per heavy atom. The summed E-state index contributed by atoms with van der Waals surface area (Å²) in [6.45, 7) is 3.19. The number of nitrogens with one attached hydrogen (secondary N) is 1. The minimum absolute atomic E-state index is 0.115. The van der Waals surface area contributed by atoms with Gasteiger partial charge in [-0.25, -0.2) is 0 Å². The SMILES string of the molecule is Cc1c([N+](=O)[O-])cnn1C(C)C(=O)Nc1ccc(Br)c2cccnc12. The number of halogens is 1. The van der Waals surface area contributed by atoms with Gasteiger partial charge in [-0.15, -0.1) is 0 Å². The number of carbonyl (C=O) groups excluding carboxylic acids is 1. The second-order valence-corrected chi connectivity index (χ2v) is 6.33. The fourth-order valence-electron chi connectivity index (χ4n) is 2.57. The normalized spacial score (nSPS) is 12.1. The number of fused-ring (bicyclic) bond motifs is 1. The van der Waals surface area contributed by atoms with E-state index in [0.717, 1.165) is 16.1 Å². The molecule has 128 valence electrons. The fraction of sp³-hybridized carbons (Fsp3) is 0.188. The molecule has 1 atom stereocenters. The largest absolute Gasteiger partial charge is 0.322 e. The van der Waals surface area contributed by atoms with E-state index in [1.165, 1.54) is 4.68 Å². The van der Waals surface area contributed by atoms with Gasteiger partial charge < -0.3 is 5.32 Å². The van der Waals surface area contributed by atoms with E-state index < -0.39 is 11.0 Å². The first kappa shape index (κ1) is 17.0. The minimum Gasteiger partial charge on any atom is -0.322 e. The zero-order chi connectivity index (χ0) is 18.1. The van der Waals surface area contributed by atoms with Crippen LogP contribution in [0.1, 0.15) is 18.7 Å². The highest BCUT2D eigenvalue weighted by atomic mass is 79.9. The molecule has 0 bridgehead atoms. The lowest BCUT2D eigenvalue weighted by atomic mass is 10.2. The van der Waals surface area contributed by atoms with Gasteiger partial charge in [0.05, 0.1) is 16.1 Å². The summed E-state index contributed by atoms with van der Waals surface area (Å²) in [5.74, 6) is -0.338. The van der Waals surface area contributed by atoms with Gasteiger partial charge in [0, 0.05) is 16.1 Å². The van der Waals surface area contributed by atoms with Crippen LogP contribution in [0.4, 0.5) is 11.4 Å². The highest BCUT2D eigenvalue weighted by Gasteiger charge is 2.24. The van der Waals surface area contributed by atoms with Crippen molar-refractivity contribution in [3.05, 3.63) is 56.9 Å². The highest BCUT2D eigenvalue weighted by Crippen LogP contribution is 2.29. The van der Waals surface area contributed by atoms with Gasteiger partial charge in [0.2, 0.25) is 5.91 Å². The molecule has 3 rings (SSSR count). The van der Waals surface area contributed by atoms with Crippen molar-refractivity contribution < 1.29 is 9.72 Å². The summed E-state index contributed by atoms with van der Waals surface area (Å²) in [5, 5.41) is 18.6. The Labute approximate surface area is 151 Å². The van der Waals surface area contributed by atoms with Crippen LogP contribution < -0.4 is 5.32 Å². The standard InChI is InChI=1S/C16H14BrN5O3/c1-9-14(22(24)25)8-19-21(9)10(2)16(23)20-13-6-5-12(17)11-4-3-7-18-15(11)13/h3-8,10H,1-2H3,(H,20,23). The van der Waals surface area contributed by atoms with Crippen LogP contribution in [0.25, 0.3) is 10.9 Å². The van der Waals surface area contributed by atoms with Crippen LogP contribution in [0, 0.1) is 17.0 Å². The molecule has 1 aromatic carbocycles. The number of hydrogen-bond acceptors (Lipinski definition) is 5. The molecule has 2 heterocycles. The number of aromatic nitrogens is 3. The Hall–Kier alpha value is -2.81. The number of rotatable bonds is 4. The summed E-state index contributed by atoms with van der Waals surface area (Å²) < 4.78 is 2.21. The Morgan fingerprint density at radius 1 is 1.40 bits per heavy atom. The van der Waals surface area contributed by atoms with Crippen LogP contribution in [0.5, 0.6) is 0 Å². The molecule has 0 aliphatic carbocycles. The quantitative estimate of drug-likeness (QED) is 0.529. The maximum Gasteiger partial charge on any atom is 0.309 e. The van der Waals surface area contributed by atoms with E-state index in [-0.39, 0.29) is 11.6 Å². The van der Waals surface area contributed by atoms with Crippen molar-refractivity contribution >= 4 is 44.1 Å². The molecule has 9 heteroatoms.